The first-order valence-electron chi connectivity index (χ1n) is 4.17. The van der Waals surface area contributed by atoms with Crippen molar-refractivity contribution < 1.29 is 4.79 Å². The van der Waals surface area contributed by atoms with Gasteiger partial charge in [-0.3, -0.25) is 0 Å². The van der Waals surface area contributed by atoms with E-state index >= 15 is 0 Å². The molecule has 0 aromatic rings. The van der Waals surface area contributed by atoms with Gasteiger partial charge in [0, 0.05) is 5.41 Å². The van der Waals surface area contributed by atoms with Gasteiger partial charge in [0.1, 0.15) is 6.29 Å². The van der Waals surface area contributed by atoms with Crippen LogP contribution in [0.2, 0.25) is 0 Å². The summed E-state index contributed by atoms with van der Waals surface area (Å²) in [5.41, 5.74) is -0.238. The number of allylic oxidation sites excluding steroid dienone is 1. The summed E-state index contributed by atoms with van der Waals surface area (Å²) in [6, 6.07) is 0. The lowest BCUT2D eigenvalue weighted by Gasteiger charge is -2.25. The minimum Gasteiger partial charge on any atom is -0.303 e. The standard InChI is InChI=1S/C10H18O/c1-5-7-9(6-2)10(3,4)8-11/h6,8-9H,2,5,7H2,1,3-4H3/t9-/m1/s1. The van der Waals surface area contributed by atoms with Gasteiger partial charge in [0.2, 0.25) is 0 Å². The summed E-state index contributed by atoms with van der Waals surface area (Å²) in [5.74, 6) is 0.324. The van der Waals surface area contributed by atoms with Crippen molar-refractivity contribution in [3.8, 4) is 0 Å². The van der Waals surface area contributed by atoms with Crippen molar-refractivity contribution in [3.63, 3.8) is 0 Å². The zero-order valence-corrected chi connectivity index (χ0v) is 7.76. The van der Waals surface area contributed by atoms with Gasteiger partial charge in [-0.25, -0.2) is 0 Å². The normalized spacial score (nSPS) is 14.1. The Balaban J connectivity index is 4.22. The first-order chi connectivity index (χ1) is 5.08. The SMILES string of the molecule is C=C[C@H](CCC)C(C)(C)C=O. The highest BCUT2D eigenvalue weighted by Gasteiger charge is 2.25. The smallest absolute Gasteiger partial charge is 0.126 e. The number of rotatable bonds is 5. The van der Waals surface area contributed by atoms with E-state index in [0.29, 0.717) is 5.92 Å². The Morgan fingerprint density at radius 1 is 1.55 bits per heavy atom. The summed E-state index contributed by atoms with van der Waals surface area (Å²) in [4.78, 5) is 10.7. The largest absolute Gasteiger partial charge is 0.303 e. The summed E-state index contributed by atoms with van der Waals surface area (Å²) in [7, 11) is 0. The fourth-order valence-electron chi connectivity index (χ4n) is 1.19. The Morgan fingerprint density at radius 2 is 2.09 bits per heavy atom. The van der Waals surface area contributed by atoms with E-state index in [9.17, 15) is 4.79 Å². The number of aldehydes is 1. The van der Waals surface area contributed by atoms with Crippen LogP contribution in [0.5, 0.6) is 0 Å². The molecule has 0 amide bonds. The average Bonchev–Trinajstić information content (AvgIpc) is 2.00. The van der Waals surface area contributed by atoms with Crippen molar-refractivity contribution in [3.05, 3.63) is 12.7 Å². The summed E-state index contributed by atoms with van der Waals surface area (Å²) in [6.07, 6.45) is 5.07. The van der Waals surface area contributed by atoms with Crippen LogP contribution in [0.1, 0.15) is 33.6 Å². The lowest BCUT2D eigenvalue weighted by molar-refractivity contribution is -0.116. The van der Waals surface area contributed by atoms with Crippen molar-refractivity contribution in [1.29, 1.82) is 0 Å². The molecule has 0 aromatic carbocycles. The van der Waals surface area contributed by atoms with E-state index in [1.807, 2.05) is 19.9 Å². The van der Waals surface area contributed by atoms with Crippen LogP contribution in [0.4, 0.5) is 0 Å². The quantitative estimate of drug-likeness (QED) is 0.439. The molecule has 0 heterocycles. The molecule has 64 valence electrons. The molecule has 0 saturated carbocycles. The van der Waals surface area contributed by atoms with Crippen LogP contribution >= 0.6 is 0 Å². The van der Waals surface area contributed by atoms with E-state index < -0.39 is 0 Å². The number of carbonyl (C=O) groups excluding carboxylic acids is 1. The molecule has 0 spiro atoms. The van der Waals surface area contributed by atoms with E-state index in [0.717, 1.165) is 19.1 Å². The maximum atomic E-state index is 10.7. The molecule has 0 aliphatic heterocycles. The topological polar surface area (TPSA) is 17.1 Å². The second-order valence-electron chi connectivity index (χ2n) is 3.57. The van der Waals surface area contributed by atoms with E-state index in [1.165, 1.54) is 0 Å². The van der Waals surface area contributed by atoms with Crippen LogP contribution in [0.25, 0.3) is 0 Å². The van der Waals surface area contributed by atoms with Crippen LogP contribution in [-0.2, 0) is 4.79 Å². The Bertz CT molecular complexity index is 136. The van der Waals surface area contributed by atoms with Crippen LogP contribution in [0, 0.1) is 11.3 Å². The maximum absolute atomic E-state index is 10.7. The second-order valence-corrected chi connectivity index (χ2v) is 3.57. The molecule has 0 saturated heterocycles. The van der Waals surface area contributed by atoms with Gasteiger partial charge in [-0.1, -0.05) is 33.3 Å². The Hall–Kier alpha value is -0.590. The fraction of sp³-hybridized carbons (Fsp3) is 0.700. The van der Waals surface area contributed by atoms with Gasteiger partial charge in [-0.15, -0.1) is 6.58 Å². The first kappa shape index (κ1) is 10.4. The predicted octanol–water partition coefficient (Wildman–Crippen LogP) is 2.81. The Morgan fingerprint density at radius 3 is 2.36 bits per heavy atom. The number of hydrogen-bond acceptors (Lipinski definition) is 1. The van der Waals surface area contributed by atoms with Crippen LogP contribution in [0.15, 0.2) is 12.7 Å². The highest BCUT2D eigenvalue weighted by molar-refractivity contribution is 5.59. The Labute approximate surface area is 69.5 Å². The molecule has 1 heteroatoms. The molecule has 0 aliphatic carbocycles. The molecule has 11 heavy (non-hydrogen) atoms. The first-order valence-corrected chi connectivity index (χ1v) is 4.17. The Kier molecular flexibility index (Phi) is 4.09. The molecule has 1 atom stereocenters. The zero-order chi connectivity index (χ0) is 8.91. The fourth-order valence-corrected chi connectivity index (χ4v) is 1.19. The predicted molar refractivity (Wildman–Crippen MR) is 48.4 cm³/mol. The molecule has 0 N–H and O–H groups in total. The molecular weight excluding hydrogens is 136 g/mol. The zero-order valence-electron chi connectivity index (χ0n) is 7.76. The molecule has 0 rings (SSSR count). The molecule has 0 fully saturated rings. The van der Waals surface area contributed by atoms with E-state index in [1.54, 1.807) is 0 Å². The van der Waals surface area contributed by atoms with Gasteiger partial charge in [0.25, 0.3) is 0 Å². The third kappa shape index (κ3) is 2.87. The third-order valence-corrected chi connectivity index (χ3v) is 2.14. The number of carbonyl (C=O) groups is 1. The lowest BCUT2D eigenvalue weighted by Crippen LogP contribution is -2.23. The minimum atomic E-state index is -0.238. The van der Waals surface area contributed by atoms with Crippen molar-refractivity contribution in [2.24, 2.45) is 11.3 Å². The van der Waals surface area contributed by atoms with Gasteiger partial charge in [-0.2, -0.15) is 0 Å². The van der Waals surface area contributed by atoms with Crippen LogP contribution in [-0.4, -0.2) is 6.29 Å². The van der Waals surface area contributed by atoms with Crippen molar-refractivity contribution in [2.75, 3.05) is 0 Å². The van der Waals surface area contributed by atoms with Gasteiger partial charge < -0.3 is 4.79 Å². The van der Waals surface area contributed by atoms with E-state index in [-0.39, 0.29) is 5.41 Å². The summed E-state index contributed by atoms with van der Waals surface area (Å²) in [6.45, 7) is 9.78. The van der Waals surface area contributed by atoms with Gasteiger partial charge in [0.05, 0.1) is 0 Å². The van der Waals surface area contributed by atoms with Crippen molar-refractivity contribution >= 4 is 6.29 Å². The second kappa shape index (κ2) is 4.32. The molecule has 0 aliphatic rings. The highest BCUT2D eigenvalue weighted by atomic mass is 16.1. The van der Waals surface area contributed by atoms with Gasteiger partial charge >= 0.3 is 0 Å². The molecule has 0 radical (unpaired) electrons. The molecule has 1 nitrogen and oxygen atoms in total. The minimum absolute atomic E-state index is 0.238. The molecule has 0 bridgehead atoms. The average molecular weight is 154 g/mol. The summed E-state index contributed by atoms with van der Waals surface area (Å²) < 4.78 is 0. The van der Waals surface area contributed by atoms with Gasteiger partial charge in [0.15, 0.2) is 0 Å². The number of hydrogen-bond donors (Lipinski definition) is 0. The molecule has 0 unspecified atom stereocenters. The van der Waals surface area contributed by atoms with Gasteiger partial charge in [-0.05, 0) is 12.3 Å². The van der Waals surface area contributed by atoms with Crippen LogP contribution < -0.4 is 0 Å². The maximum Gasteiger partial charge on any atom is 0.126 e. The molecule has 0 aromatic heterocycles. The monoisotopic (exact) mass is 154 g/mol. The van der Waals surface area contributed by atoms with Crippen molar-refractivity contribution in [2.45, 2.75) is 33.6 Å². The summed E-state index contributed by atoms with van der Waals surface area (Å²) >= 11 is 0. The van der Waals surface area contributed by atoms with Crippen LogP contribution in [0.3, 0.4) is 0 Å². The van der Waals surface area contributed by atoms with E-state index in [2.05, 4.69) is 13.5 Å². The molecular formula is C10H18O. The highest BCUT2D eigenvalue weighted by Crippen LogP contribution is 2.28. The summed E-state index contributed by atoms with van der Waals surface area (Å²) in [5, 5.41) is 0. The lowest BCUT2D eigenvalue weighted by atomic mass is 9.78. The third-order valence-electron chi connectivity index (χ3n) is 2.14. The van der Waals surface area contributed by atoms with Crippen molar-refractivity contribution in [1.82, 2.24) is 0 Å². The van der Waals surface area contributed by atoms with E-state index in [4.69, 9.17) is 0 Å².